The summed E-state index contributed by atoms with van der Waals surface area (Å²) in [5.41, 5.74) is 0.874. The summed E-state index contributed by atoms with van der Waals surface area (Å²) >= 11 is 1.15. The summed E-state index contributed by atoms with van der Waals surface area (Å²) in [5.74, 6) is -0.443. The summed E-state index contributed by atoms with van der Waals surface area (Å²) in [6.07, 6.45) is -0.289. The second-order valence-corrected chi connectivity index (χ2v) is 9.99. The molecule has 2 amide bonds. The lowest BCUT2D eigenvalue weighted by molar-refractivity contribution is -0.380. The molecule has 12 heteroatoms. The number of benzene rings is 1. The maximum Gasteiger partial charge on any atom is 0.414 e. The van der Waals surface area contributed by atoms with E-state index in [4.69, 9.17) is 4.74 Å². The summed E-state index contributed by atoms with van der Waals surface area (Å²) in [5, 5.41) is 14.6. The number of carbonyl (C=O) groups excluding carboxylic acids is 2. The first-order valence-corrected chi connectivity index (χ1v) is 12.2. The summed E-state index contributed by atoms with van der Waals surface area (Å²) < 4.78 is 20.4. The minimum Gasteiger partial charge on any atom is -0.442 e. The van der Waals surface area contributed by atoms with Gasteiger partial charge in [-0.05, 0) is 47.9 Å². The molecule has 1 aromatic carbocycles. The van der Waals surface area contributed by atoms with Crippen LogP contribution >= 0.6 is 11.3 Å². The topological polar surface area (TPSA) is 108 Å². The molecular formula is C23H28FN5O5S. The lowest BCUT2D eigenvalue weighted by Crippen LogP contribution is -2.49. The molecule has 2 unspecified atom stereocenters. The maximum atomic E-state index is 15.1. The zero-order valence-electron chi connectivity index (χ0n) is 19.8. The fourth-order valence-electron chi connectivity index (χ4n) is 4.71. The van der Waals surface area contributed by atoms with Crippen LogP contribution in [0.3, 0.4) is 0 Å². The second kappa shape index (κ2) is 10.1. The molecular weight excluding hydrogens is 477 g/mol. The third-order valence-corrected chi connectivity index (χ3v) is 7.63. The van der Waals surface area contributed by atoms with Gasteiger partial charge in [-0.15, -0.1) is 0 Å². The number of anilines is 3. The zero-order chi connectivity index (χ0) is 25.3. The number of thiophene rings is 1. The minimum absolute atomic E-state index is 0.113. The number of cyclic esters (lactones) is 1. The molecule has 0 spiro atoms. The maximum absolute atomic E-state index is 15.1. The van der Waals surface area contributed by atoms with E-state index in [2.05, 4.69) is 17.1 Å². The highest BCUT2D eigenvalue weighted by atomic mass is 32.1. The van der Waals surface area contributed by atoms with Crippen molar-refractivity contribution in [2.75, 3.05) is 47.9 Å². The number of hydrogen-bond acceptors (Lipinski definition) is 8. The lowest BCUT2D eigenvalue weighted by Gasteiger charge is -2.42. The molecule has 0 radical (unpaired) electrons. The van der Waals surface area contributed by atoms with Crippen LogP contribution < -0.4 is 20.0 Å². The van der Waals surface area contributed by atoms with E-state index in [9.17, 15) is 19.7 Å². The van der Waals surface area contributed by atoms with Crippen molar-refractivity contribution < 1.29 is 23.6 Å². The Balaban J connectivity index is 1.40. The Bertz CT molecular complexity index is 1130. The highest BCUT2D eigenvalue weighted by Gasteiger charge is 2.34. The van der Waals surface area contributed by atoms with Gasteiger partial charge in [0.25, 0.3) is 0 Å². The first-order chi connectivity index (χ1) is 16.6. The van der Waals surface area contributed by atoms with E-state index in [1.54, 1.807) is 18.2 Å². The molecule has 3 heterocycles. The van der Waals surface area contributed by atoms with Gasteiger partial charge in [0.2, 0.25) is 5.91 Å². The van der Waals surface area contributed by atoms with Crippen LogP contribution in [-0.4, -0.2) is 62.3 Å². The van der Waals surface area contributed by atoms with Gasteiger partial charge >= 0.3 is 11.1 Å². The Hall–Kier alpha value is -3.41. The van der Waals surface area contributed by atoms with E-state index >= 15 is 4.39 Å². The molecule has 0 aliphatic carbocycles. The molecule has 2 saturated heterocycles. The Morgan fingerprint density at radius 2 is 2.11 bits per heavy atom. The fourth-order valence-corrected chi connectivity index (χ4v) is 5.55. The highest BCUT2D eigenvalue weighted by molar-refractivity contribution is 7.19. The van der Waals surface area contributed by atoms with Gasteiger partial charge < -0.3 is 19.9 Å². The van der Waals surface area contributed by atoms with Crippen LogP contribution in [0, 0.1) is 21.8 Å². The van der Waals surface area contributed by atoms with Crippen LogP contribution in [0.25, 0.3) is 0 Å². The van der Waals surface area contributed by atoms with E-state index in [0.29, 0.717) is 24.5 Å². The van der Waals surface area contributed by atoms with Gasteiger partial charge in [0.15, 0.2) is 0 Å². The standard InChI is InChI=1S/C23H28FN5O5S/c1-14-12-27(9-8-19(14)26(3)21-6-7-22(35-21)29(32)33)20-5-4-16(10-18(20)24)28-13-17(34-23(28)31)11-25-15(2)30/h4-7,10,14,17,19H,8-9,11-13H2,1-3H3,(H,25,30)/t14?,17-,19?/m0/s1. The summed E-state index contributed by atoms with van der Waals surface area (Å²) in [6.45, 7) is 5.18. The van der Waals surface area contributed by atoms with Crippen molar-refractivity contribution in [3.05, 3.63) is 46.3 Å². The number of nitrogens with zero attached hydrogens (tertiary/aromatic N) is 4. The minimum atomic E-state index is -0.571. The predicted octanol–water partition coefficient (Wildman–Crippen LogP) is 3.61. The number of halogens is 1. The Kier molecular flexibility index (Phi) is 7.10. The molecule has 1 aromatic heterocycles. The van der Waals surface area contributed by atoms with Crippen LogP contribution in [0.5, 0.6) is 0 Å². The monoisotopic (exact) mass is 505 g/mol. The van der Waals surface area contributed by atoms with Crippen LogP contribution in [0.15, 0.2) is 30.3 Å². The predicted molar refractivity (Wildman–Crippen MR) is 132 cm³/mol. The number of nitro groups is 1. The number of nitrogens with one attached hydrogen (secondary N) is 1. The van der Waals surface area contributed by atoms with Gasteiger partial charge in [-0.25, -0.2) is 9.18 Å². The van der Waals surface area contributed by atoms with Crippen LogP contribution in [0.4, 0.5) is 30.6 Å². The third-order valence-electron chi connectivity index (χ3n) is 6.50. The van der Waals surface area contributed by atoms with Gasteiger partial charge in [-0.1, -0.05) is 6.92 Å². The van der Waals surface area contributed by atoms with Crippen LogP contribution in [0.2, 0.25) is 0 Å². The number of rotatable bonds is 7. The zero-order valence-corrected chi connectivity index (χ0v) is 20.6. The number of carbonyl (C=O) groups is 2. The molecule has 188 valence electrons. The van der Waals surface area contributed by atoms with Crippen molar-refractivity contribution in [2.24, 2.45) is 5.92 Å². The van der Waals surface area contributed by atoms with Crippen molar-refractivity contribution in [3.8, 4) is 0 Å². The normalized spacial score (nSPS) is 22.2. The quantitative estimate of drug-likeness (QED) is 0.452. The fraction of sp³-hybridized carbons (Fsp3) is 0.478. The highest BCUT2D eigenvalue weighted by Crippen LogP contribution is 2.36. The molecule has 2 aromatic rings. The number of amides is 2. The molecule has 0 bridgehead atoms. The van der Waals surface area contributed by atoms with Crippen molar-refractivity contribution >= 4 is 44.7 Å². The largest absolute Gasteiger partial charge is 0.442 e. The number of piperidine rings is 1. The average molecular weight is 506 g/mol. The Labute approximate surface area is 206 Å². The summed E-state index contributed by atoms with van der Waals surface area (Å²) in [7, 11) is 1.94. The lowest BCUT2D eigenvalue weighted by atomic mass is 9.92. The van der Waals surface area contributed by atoms with E-state index in [1.165, 1.54) is 24.0 Å². The molecule has 1 N–H and O–H groups in total. The van der Waals surface area contributed by atoms with Crippen molar-refractivity contribution in [1.29, 1.82) is 0 Å². The van der Waals surface area contributed by atoms with Gasteiger partial charge in [-0.3, -0.25) is 19.8 Å². The molecule has 3 atom stereocenters. The summed E-state index contributed by atoms with van der Waals surface area (Å²) in [6, 6.07) is 8.18. The van der Waals surface area contributed by atoms with Gasteiger partial charge in [0.05, 0.1) is 34.4 Å². The molecule has 0 saturated carbocycles. The Morgan fingerprint density at radius 3 is 2.74 bits per heavy atom. The molecule has 2 aliphatic heterocycles. The van der Waals surface area contributed by atoms with Gasteiger partial charge in [-0.2, -0.15) is 0 Å². The smallest absolute Gasteiger partial charge is 0.414 e. The first kappa shape index (κ1) is 24.7. The third kappa shape index (κ3) is 5.31. The Morgan fingerprint density at radius 1 is 1.34 bits per heavy atom. The number of hydrogen-bond donors (Lipinski definition) is 1. The van der Waals surface area contributed by atoms with Crippen molar-refractivity contribution in [2.45, 2.75) is 32.4 Å². The average Bonchev–Trinajstić information content (AvgIpc) is 3.44. The SMILES string of the molecule is CC(=O)NC[C@H]1CN(c2ccc(N3CCC(N(C)c4ccc([N+](=O)[O-])s4)C(C)C3)c(F)c2)C(=O)O1. The summed E-state index contributed by atoms with van der Waals surface area (Å²) in [4.78, 5) is 39.4. The van der Waals surface area contributed by atoms with Gasteiger partial charge in [0.1, 0.15) is 11.9 Å². The van der Waals surface area contributed by atoms with E-state index in [-0.39, 0.29) is 40.9 Å². The van der Waals surface area contributed by atoms with Crippen molar-refractivity contribution in [1.82, 2.24) is 5.32 Å². The molecule has 10 nitrogen and oxygen atoms in total. The number of ether oxygens (including phenoxy) is 1. The molecule has 4 rings (SSSR count). The second-order valence-electron chi connectivity index (χ2n) is 8.95. The van der Waals surface area contributed by atoms with E-state index < -0.39 is 18.0 Å². The van der Waals surface area contributed by atoms with Crippen LogP contribution in [0.1, 0.15) is 20.3 Å². The molecule has 2 aliphatic rings. The van der Waals surface area contributed by atoms with Crippen LogP contribution in [-0.2, 0) is 9.53 Å². The molecule has 2 fully saturated rings. The molecule has 35 heavy (non-hydrogen) atoms. The first-order valence-electron chi connectivity index (χ1n) is 11.4. The van der Waals surface area contributed by atoms with E-state index in [1.807, 2.05) is 11.9 Å². The van der Waals surface area contributed by atoms with Gasteiger partial charge in [0, 0.05) is 39.2 Å². The van der Waals surface area contributed by atoms with Crippen molar-refractivity contribution in [3.63, 3.8) is 0 Å². The van der Waals surface area contributed by atoms with E-state index in [0.717, 1.165) is 22.8 Å².